The van der Waals surface area contributed by atoms with Crippen molar-refractivity contribution in [3.8, 4) is 17.1 Å². The van der Waals surface area contributed by atoms with Gasteiger partial charge in [-0.1, -0.05) is 58.9 Å². The lowest BCUT2D eigenvalue weighted by Crippen LogP contribution is -2.11. The van der Waals surface area contributed by atoms with Crippen LogP contribution in [0.5, 0.6) is 5.75 Å². The maximum atomic E-state index is 13.7. The molecule has 1 N–H and O–H groups in total. The number of rotatable bonds is 5. The van der Waals surface area contributed by atoms with Gasteiger partial charge in [-0.15, -0.1) is 0 Å². The Labute approximate surface area is 200 Å². The molecule has 0 fully saturated rings. The zero-order valence-electron chi connectivity index (χ0n) is 18.6. The van der Waals surface area contributed by atoms with E-state index in [4.69, 9.17) is 9.26 Å². The zero-order chi connectivity index (χ0) is 23.2. The number of hydrogen-bond donors (Lipinski definition) is 1. The first kappa shape index (κ1) is 20.6. The van der Waals surface area contributed by atoms with Crippen molar-refractivity contribution in [1.82, 2.24) is 5.16 Å². The largest absolute Gasteiger partial charge is 0.497 e. The quantitative estimate of drug-likeness (QED) is 0.290. The Kier molecular flexibility index (Phi) is 4.89. The predicted octanol–water partition coefficient (Wildman–Crippen LogP) is 7.25. The topological polar surface area (TPSA) is 64.4 Å². The van der Waals surface area contributed by atoms with Gasteiger partial charge in [0, 0.05) is 26.6 Å². The molecule has 0 saturated carbocycles. The number of carbonyl (C=O) groups is 1. The molecule has 166 valence electrons. The molecule has 0 saturated heterocycles. The highest BCUT2D eigenvalue weighted by Gasteiger charge is 2.32. The Morgan fingerprint density at radius 3 is 2.41 bits per heavy atom. The number of fused-ring (bicyclic) bond motifs is 2. The van der Waals surface area contributed by atoms with Gasteiger partial charge in [-0.25, -0.2) is 0 Å². The van der Waals surface area contributed by atoms with Crippen molar-refractivity contribution in [2.24, 2.45) is 0 Å². The summed E-state index contributed by atoms with van der Waals surface area (Å²) < 4.78 is 11.1. The minimum absolute atomic E-state index is 0.0353. The Morgan fingerprint density at radius 2 is 1.68 bits per heavy atom. The van der Waals surface area contributed by atoms with Crippen LogP contribution in [0, 0.1) is 6.92 Å². The summed E-state index contributed by atoms with van der Waals surface area (Å²) in [5.41, 5.74) is 5.48. The molecule has 0 radical (unpaired) electrons. The minimum atomic E-state index is -0.0353. The molecule has 5 nitrogen and oxygen atoms in total. The van der Waals surface area contributed by atoms with Crippen LogP contribution in [-0.4, -0.2) is 18.0 Å². The van der Waals surface area contributed by atoms with Crippen molar-refractivity contribution in [1.29, 1.82) is 0 Å². The summed E-state index contributed by atoms with van der Waals surface area (Å²) in [5.74, 6) is 1.39. The number of methoxy groups -OCH3 is 1. The number of aryl methyl sites for hydroxylation is 1. The molecule has 0 atom stereocenters. The first-order valence-corrected chi connectivity index (χ1v) is 11.7. The molecular formula is C28H20N2O3S. The number of ether oxygens (including phenoxy) is 1. The highest BCUT2D eigenvalue weighted by Crippen LogP contribution is 2.47. The van der Waals surface area contributed by atoms with Crippen molar-refractivity contribution in [2.75, 3.05) is 12.4 Å². The highest BCUT2D eigenvalue weighted by molar-refractivity contribution is 7.99. The fraction of sp³-hybridized carbons (Fsp3) is 0.0714. The van der Waals surface area contributed by atoms with E-state index in [-0.39, 0.29) is 5.78 Å². The maximum absolute atomic E-state index is 13.7. The van der Waals surface area contributed by atoms with E-state index in [0.29, 0.717) is 22.4 Å². The van der Waals surface area contributed by atoms with E-state index in [1.807, 2.05) is 85.8 Å². The molecule has 6 heteroatoms. The van der Waals surface area contributed by atoms with Crippen molar-refractivity contribution >= 4 is 39.8 Å². The van der Waals surface area contributed by atoms with Crippen molar-refractivity contribution < 1.29 is 14.1 Å². The van der Waals surface area contributed by atoms with Crippen LogP contribution in [0.1, 0.15) is 21.5 Å². The Bertz CT molecular complexity index is 1550. The average Bonchev–Trinajstić information content (AvgIpc) is 3.31. The van der Waals surface area contributed by atoms with Crippen LogP contribution in [0.4, 0.5) is 11.4 Å². The molecule has 1 aliphatic rings. The molecule has 34 heavy (non-hydrogen) atoms. The van der Waals surface area contributed by atoms with Gasteiger partial charge in [0.2, 0.25) is 0 Å². The summed E-state index contributed by atoms with van der Waals surface area (Å²) in [7, 11) is 1.65. The molecule has 0 unspecified atom stereocenters. The molecule has 6 rings (SSSR count). The van der Waals surface area contributed by atoms with E-state index >= 15 is 0 Å². The second-order valence-electron chi connectivity index (χ2n) is 8.18. The second kappa shape index (κ2) is 8.08. The molecule has 1 aromatic heterocycles. The summed E-state index contributed by atoms with van der Waals surface area (Å²) in [4.78, 5) is 15.6. The SMILES string of the molecule is COc1ccc(Sc2cc(Nc3ccc(C)cc3)c3c4c(onc24)-c2ccccc2C3=O)cc1. The number of carbonyl (C=O) groups excluding carboxylic acids is 1. The number of nitrogens with one attached hydrogen (secondary N) is 1. The van der Waals surface area contributed by atoms with Gasteiger partial charge in [0.15, 0.2) is 11.5 Å². The molecule has 1 heterocycles. The van der Waals surface area contributed by atoms with Gasteiger partial charge in [-0.3, -0.25) is 4.79 Å². The van der Waals surface area contributed by atoms with Crippen molar-refractivity contribution in [2.45, 2.75) is 16.7 Å². The van der Waals surface area contributed by atoms with Crippen LogP contribution in [0.3, 0.4) is 0 Å². The van der Waals surface area contributed by atoms with Gasteiger partial charge in [0.1, 0.15) is 11.3 Å². The van der Waals surface area contributed by atoms with Crippen LogP contribution in [0.2, 0.25) is 0 Å². The number of hydrogen-bond acceptors (Lipinski definition) is 6. The number of benzene rings is 4. The third-order valence-electron chi connectivity index (χ3n) is 5.98. The van der Waals surface area contributed by atoms with E-state index in [0.717, 1.165) is 37.9 Å². The van der Waals surface area contributed by atoms with Crippen molar-refractivity contribution in [3.05, 3.63) is 95.6 Å². The summed E-state index contributed by atoms with van der Waals surface area (Å²) >= 11 is 1.57. The monoisotopic (exact) mass is 464 g/mol. The fourth-order valence-electron chi connectivity index (χ4n) is 4.27. The number of ketones is 1. The molecule has 1 aliphatic carbocycles. The lowest BCUT2D eigenvalue weighted by Gasteiger charge is -2.19. The van der Waals surface area contributed by atoms with Gasteiger partial charge in [-0.05, 0) is 49.4 Å². The normalized spacial score (nSPS) is 12.0. The first-order valence-electron chi connectivity index (χ1n) is 10.9. The van der Waals surface area contributed by atoms with Gasteiger partial charge in [0.25, 0.3) is 0 Å². The van der Waals surface area contributed by atoms with E-state index in [9.17, 15) is 4.79 Å². The maximum Gasteiger partial charge on any atom is 0.196 e. The third kappa shape index (κ3) is 3.35. The highest BCUT2D eigenvalue weighted by atomic mass is 32.2. The lowest BCUT2D eigenvalue weighted by atomic mass is 9.87. The second-order valence-corrected chi connectivity index (χ2v) is 9.29. The summed E-state index contributed by atoms with van der Waals surface area (Å²) in [5, 5.41) is 8.64. The Morgan fingerprint density at radius 1 is 0.941 bits per heavy atom. The Hall–Kier alpha value is -4.03. The molecular weight excluding hydrogens is 444 g/mol. The van der Waals surface area contributed by atoms with Crippen LogP contribution in [-0.2, 0) is 0 Å². The molecule has 0 bridgehead atoms. The molecule has 0 aliphatic heterocycles. The summed E-state index contributed by atoms with van der Waals surface area (Å²) in [6.45, 7) is 2.05. The van der Waals surface area contributed by atoms with Gasteiger partial charge in [0.05, 0.1) is 23.7 Å². The van der Waals surface area contributed by atoms with Crippen molar-refractivity contribution in [3.63, 3.8) is 0 Å². The van der Waals surface area contributed by atoms with Crippen LogP contribution >= 0.6 is 11.8 Å². The molecule has 5 aromatic rings. The van der Waals surface area contributed by atoms with Gasteiger partial charge in [-0.2, -0.15) is 0 Å². The van der Waals surface area contributed by atoms with Gasteiger partial charge >= 0.3 is 0 Å². The van der Waals surface area contributed by atoms with Gasteiger partial charge < -0.3 is 14.6 Å². The van der Waals surface area contributed by atoms with Crippen LogP contribution in [0.15, 0.2) is 93.2 Å². The molecule has 0 spiro atoms. The zero-order valence-corrected chi connectivity index (χ0v) is 19.4. The standard InChI is InChI=1S/C28H20N2O3S/c1-16-7-9-17(10-8-16)29-22-15-23(34-19-13-11-18(32-2)12-14-19)26-25-24(22)27(31)20-5-3-4-6-21(20)28(25)33-30-26/h3-15,29H,1-2H3. The lowest BCUT2D eigenvalue weighted by molar-refractivity contribution is 0.104. The minimum Gasteiger partial charge on any atom is -0.497 e. The summed E-state index contributed by atoms with van der Waals surface area (Å²) in [6, 6.07) is 25.5. The number of nitrogens with zero attached hydrogens (tertiary/aromatic N) is 1. The molecule has 4 aromatic carbocycles. The first-order chi connectivity index (χ1) is 16.6. The van der Waals surface area contributed by atoms with E-state index in [2.05, 4.69) is 10.5 Å². The smallest absolute Gasteiger partial charge is 0.196 e. The predicted molar refractivity (Wildman–Crippen MR) is 134 cm³/mol. The van der Waals surface area contributed by atoms with Crippen LogP contribution < -0.4 is 10.1 Å². The fourth-order valence-corrected chi connectivity index (χ4v) is 5.21. The van der Waals surface area contributed by atoms with Crippen LogP contribution in [0.25, 0.3) is 22.2 Å². The molecule has 0 amide bonds. The number of anilines is 2. The Balaban J connectivity index is 1.55. The summed E-state index contributed by atoms with van der Waals surface area (Å²) in [6.07, 6.45) is 0. The van der Waals surface area contributed by atoms with E-state index < -0.39 is 0 Å². The average molecular weight is 465 g/mol. The van der Waals surface area contributed by atoms with E-state index in [1.54, 1.807) is 18.9 Å². The third-order valence-corrected chi connectivity index (χ3v) is 7.02. The van der Waals surface area contributed by atoms with E-state index in [1.165, 1.54) is 5.56 Å². The number of aromatic nitrogens is 1.